The van der Waals surface area contributed by atoms with E-state index in [0.29, 0.717) is 18.8 Å². The molecular weight excluding hydrogens is 296 g/mol. The van der Waals surface area contributed by atoms with Gasteiger partial charge in [-0.2, -0.15) is 0 Å². The summed E-state index contributed by atoms with van der Waals surface area (Å²) in [5, 5.41) is 0. The third-order valence-electron chi connectivity index (χ3n) is 4.09. The molecule has 0 saturated carbocycles. The molecule has 0 aromatic heterocycles. The van der Waals surface area contributed by atoms with Gasteiger partial charge in [0.2, 0.25) is 6.29 Å². The second-order valence-electron chi connectivity index (χ2n) is 6.97. The maximum atomic E-state index is 12.4. The standard InChI is InChI=1S/C18H28O5/c1-12(2)10-18(6,13(3)4)17(20)21-11-15(19)23-16-9-7-8-14(5)22-16/h12-14,16H,9-11H2,1-6H3. The SMILES string of the molecule is CC(C)CC(C)(C(=O)OCC(=O)OC1CC#CC(C)O1)C(C)C. The summed E-state index contributed by atoms with van der Waals surface area (Å²) in [7, 11) is 0. The van der Waals surface area contributed by atoms with Crippen LogP contribution in [0.4, 0.5) is 0 Å². The third kappa shape index (κ3) is 5.87. The van der Waals surface area contributed by atoms with E-state index in [1.54, 1.807) is 6.92 Å². The molecule has 130 valence electrons. The fraction of sp³-hybridized carbons (Fsp3) is 0.778. The molecule has 3 unspecified atom stereocenters. The Labute approximate surface area is 139 Å². The van der Waals surface area contributed by atoms with Crippen molar-refractivity contribution in [3.63, 3.8) is 0 Å². The Kier molecular flexibility index (Phi) is 7.08. The zero-order chi connectivity index (χ0) is 17.6. The smallest absolute Gasteiger partial charge is 0.346 e. The number of hydrogen-bond acceptors (Lipinski definition) is 5. The van der Waals surface area contributed by atoms with E-state index in [9.17, 15) is 9.59 Å². The summed E-state index contributed by atoms with van der Waals surface area (Å²) in [5.41, 5.74) is -0.615. The molecule has 0 N–H and O–H groups in total. The van der Waals surface area contributed by atoms with Crippen molar-refractivity contribution in [3.05, 3.63) is 0 Å². The first-order chi connectivity index (χ1) is 10.6. The second-order valence-corrected chi connectivity index (χ2v) is 6.97. The second kappa shape index (κ2) is 8.35. The van der Waals surface area contributed by atoms with Crippen LogP contribution in [0.25, 0.3) is 0 Å². The lowest BCUT2D eigenvalue weighted by Gasteiger charge is -2.32. The molecule has 1 aliphatic heterocycles. The van der Waals surface area contributed by atoms with Crippen molar-refractivity contribution in [1.29, 1.82) is 0 Å². The Morgan fingerprint density at radius 1 is 1.30 bits per heavy atom. The van der Waals surface area contributed by atoms with Gasteiger partial charge in [-0.25, -0.2) is 4.79 Å². The fourth-order valence-corrected chi connectivity index (χ4v) is 2.54. The van der Waals surface area contributed by atoms with Gasteiger partial charge in [-0.3, -0.25) is 4.79 Å². The van der Waals surface area contributed by atoms with Crippen molar-refractivity contribution in [2.75, 3.05) is 6.61 Å². The number of rotatable bonds is 7. The van der Waals surface area contributed by atoms with Gasteiger partial charge in [-0.15, -0.1) is 0 Å². The Hall–Kier alpha value is -1.54. The molecule has 0 radical (unpaired) electrons. The van der Waals surface area contributed by atoms with Crippen LogP contribution in [0.2, 0.25) is 0 Å². The van der Waals surface area contributed by atoms with Crippen LogP contribution < -0.4 is 0 Å². The highest BCUT2D eigenvalue weighted by Crippen LogP contribution is 2.35. The van der Waals surface area contributed by atoms with Crippen LogP contribution in [0.1, 0.15) is 54.4 Å². The van der Waals surface area contributed by atoms with Crippen molar-refractivity contribution in [2.24, 2.45) is 17.3 Å². The van der Waals surface area contributed by atoms with Crippen LogP contribution >= 0.6 is 0 Å². The summed E-state index contributed by atoms with van der Waals surface area (Å²) >= 11 is 0. The Bertz CT molecular complexity index is 485. The lowest BCUT2D eigenvalue weighted by Crippen LogP contribution is -2.38. The van der Waals surface area contributed by atoms with E-state index in [2.05, 4.69) is 25.7 Å². The highest BCUT2D eigenvalue weighted by atomic mass is 16.7. The van der Waals surface area contributed by atoms with Crippen LogP contribution in [-0.4, -0.2) is 30.9 Å². The average Bonchev–Trinajstić information content (AvgIpc) is 2.43. The number of carbonyl (C=O) groups is 2. The molecule has 0 saturated heterocycles. The van der Waals surface area contributed by atoms with Gasteiger partial charge in [0, 0.05) is 0 Å². The van der Waals surface area contributed by atoms with E-state index in [1.807, 2.05) is 20.8 Å². The summed E-state index contributed by atoms with van der Waals surface area (Å²) in [6, 6.07) is 0. The van der Waals surface area contributed by atoms with Gasteiger partial charge in [0.25, 0.3) is 0 Å². The minimum Gasteiger partial charge on any atom is -0.453 e. The summed E-state index contributed by atoms with van der Waals surface area (Å²) in [6.07, 6.45) is 0.0855. The molecule has 0 bridgehead atoms. The maximum Gasteiger partial charge on any atom is 0.346 e. The summed E-state index contributed by atoms with van der Waals surface area (Å²) < 4.78 is 15.7. The lowest BCUT2D eigenvalue weighted by molar-refractivity contribution is -0.191. The molecule has 0 fully saturated rings. The normalized spacial score (nSPS) is 23.0. The quantitative estimate of drug-likeness (QED) is 0.532. The van der Waals surface area contributed by atoms with Gasteiger partial charge in [-0.05, 0) is 32.1 Å². The first-order valence-corrected chi connectivity index (χ1v) is 8.15. The van der Waals surface area contributed by atoms with Gasteiger partial charge in [-0.1, -0.05) is 39.5 Å². The monoisotopic (exact) mass is 324 g/mol. The number of esters is 2. The van der Waals surface area contributed by atoms with E-state index in [-0.39, 0.29) is 18.0 Å². The summed E-state index contributed by atoms with van der Waals surface area (Å²) in [5.74, 6) is 5.19. The van der Waals surface area contributed by atoms with Gasteiger partial charge >= 0.3 is 11.9 Å². The fourth-order valence-electron chi connectivity index (χ4n) is 2.54. The maximum absolute atomic E-state index is 12.4. The summed E-state index contributed by atoms with van der Waals surface area (Å²) in [6.45, 7) is 11.4. The molecule has 0 spiro atoms. The van der Waals surface area contributed by atoms with Gasteiger partial charge in [0.1, 0.15) is 6.10 Å². The Morgan fingerprint density at radius 2 is 1.96 bits per heavy atom. The molecule has 0 aliphatic carbocycles. The van der Waals surface area contributed by atoms with E-state index in [0.717, 1.165) is 0 Å². The van der Waals surface area contributed by atoms with Crippen LogP contribution in [0.15, 0.2) is 0 Å². The summed E-state index contributed by atoms with van der Waals surface area (Å²) in [4.78, 5) is 24.2. The average molecular weight is 324 g/mol. The van der Waals surface area contributed by atoms with Gasteiger partial charge in [0.05, 0.1) is 11.8 Å². The van der Waals surface area contributed by atoms with Crippen LogP contribution in [0.5, 0.6) is 0 Å². The van der Waals surface area contributed by atoms with E-state index in [1.165, 1.54) is 0 Å². The number of ether oxygens (including phenoxy) is 3. The molecule has 5 heteroatoms. The molecule has 0 aromatic rings. The molecular formula is C18H28O5. The minimum absolute atomic E-state index is 0.117. The van der Waals surface area contributed by atoms with E-state index < -0.39 is 24.3 Å². The van der Waals surface area contributed by atoms with Gasteiger partial charge in [0.15, 0.2) is 6.61 Å². The van der Waals surface area contributed by atoms with Crippen molar-refractivity contribution in [1.82, 2.24) is 0 Å². The van der Waals surface area contributed by atoms with Crippen molar-refractivity contribution >= 4 is 11.9 Å². The van der Waals surface area contributed by atoms with Crippen LogP contribution in [0.3, 0.4) is 0 Å². The first-order valence-electron chi connectivity index (χ1n) is 8.15. The molecule has 23 heavy (non-hydrogen) atoms. The Balaban J connectivity index is 2.51. The van der Waals surface area contributed by atoms with Crippen molar-refractivity contribution in [2.45, 2.75) is 66.8 Å². The predicted molar refractivity (Wildman–Crippen MR) is 86.2 cm³/mol. The highest BCUT2D eigenvalue weighted by Gasteiger charge is 2.39. The predicted octanol–water partition coefficient (Wildman–Crippen LogP) is 2.92. The zero-order valence-corrected chi connectivity index (χ0v) is 15.0. The molecule has 1 heterocycles. The molecule has 5 nitrogen and oxygen atoms in total. The third-order valence-corrected chi connectivity index (χ3v) is 4.09. The highest BCUT2D eigenvalue weighted by molar-refractivity contribution is 5.80. The molecule has 1 rings (SSSR count). The van der Waals surface area contributed by atoms with E-state index >= 15 is 0 Å². The molecule has 1 aliphatic rings. The largest absolute Gasteiger partial charge is 0.453 e. The van der Waals surface area contributed by atoms with Crippen LogP contribution in [-0.2, 0) is 23.8 Å². The molecule has 0 amide bonds. The van der Waals surface area contributed by atoms with Crippen molar-refractivity contribution in [3.8, 4) is 11.8 Å². The number of carbonyl (C=O) groups excluding carboxylic acids is 2. The van der Waals surface area contributed by atoms with Crippen LogP contribution in [0, 0.1) is 29.1 Å². The van der Waals surface area contributed by atoms with Gasteiger partial charge < -0.3 is 14.2 Å². The number of hydrogen-bond donors (Lipinski definition) is 0. The lowest BCUT2D eigenvalue weighted by atomic mass is 9.73. The van der Waals surface area contributed by atoms with E-state index in [4.69, 9.17) is 14.2 Å². The first kappa shape index (κ1) is 19.5. The topological polar surface area (TPSA) is 61.8 Å². The zero-order valence-electron chi connectivity index (χ0n) is 15.0. The molecule has 3 atom stereocenters. The minimum atomic E-state index is -0.690. The Morgan fingerprint density at radius 3 is 2.48 bits per heavy atom. The van der Waals surface area contributed by atoms with Crippen molar-refractivity contribution < 1.29 is 23.8 Å². The molecule has 0 aromatic carbocycles.